The second-order valence-corrected chi connectivity index (χ2v) is 15.1. The molecule has 0 saturated carbocycles. The molecule has 0 fully saturated rings. The Labute approximate surface area is 290 Å². The molecule has 0 unspecified atom stereocenters. The fraction of sp³-hybridized carbons (Fsp3) is 0.273. The molecule has 49 heavy (non-hydrogen) atoms. The molecular formula is C44H46N4O. The predicted molar refractivity (Wildman–Crippen MR) is 201 cm³/mol. The van der Waals surface area contributed by atoms with Crippen LogP contribution in [0, 0.1) is 18.2 Å². The van der Waals surface area contributed by atoms with Gasteiger partial charge in [0.15, 0.2) is 0 Å². The highest BCUT2D eigenvalue weighted by Crippen LogP contribution is 2.36. The second-order valence-electron chi connectivity index (χ2n) is 15.1. The Morgan fingerprint density at radius 3 is 2.18 bits per heavy atom. The van der Waals surface area contributed by atoms with Gasteiger partial charge in [-0.15, -0.1) is 0 Å². The zero-order valence-electron chi connectivity index (χ0n) is 29.7. The molecule has 7 aromatic rings. The number of hydrogen-bond acceptors (Lipinski definition) is 2. The Balaban J connectivity index is 1.21. The lowest BCUT2D eigenvalue weighted by Crippen LogP contribution is -2.28. The normalized spacial score (nSPS) is 12.1. The van der Waals surface area contributed by atoms with E-state index >= 15 is 0 Å². The Kier molecular flexibility index (Phi) is 8.62. The number of nitrogens with zero attached hydrogens (tertiary/aromatic N) is 4. The van der Waals surface area contributed by atoms with Gasteiger partial charge in [0.05, 0.1) is 22.4 Å². The lowest BCUT2D eigenvalue weighted by atomic mass is 9.88. The number of hydrogen-bond donors (Lipinski definition) is 0. The maximum atomic E-state index is 6.54. The average Bonchev–Trinajstić information content (AvgIpc) is 3.67. The topological polar surface area (TPSA) is 35.9 Å². The standard InChI is InChI=1S/C44H46N4O/c1-30(2)21-32-23-33(22-31(3)4)25-36(24-32)47-20-19-46(29-47)35-11-10-12-37(27-35)49-38-15-16-40-39-13-8-9-14-41(39)48(42(40)28-38)43-26-34(17-18-45-43)44(5,6)7/h8-20,23-28,30-31H,21-22H2,1-7H3. The number of pyridine rings is 1. The van der Waals surface area contributed by atoms with E-state index in [4.69, 9.17) is 9.72 Å². The van der Waals surface area contributed by atoms with Gasteiger partial charge < -0.3 is 4.74 Å². The zero-order chi connectivity index (χ0) is 34.3. The van der Waals surface area contributed by atoms with Gasteiger partial charge in [-0.05, 0) is 96.3 Å². The molecule has 7 rings (SSSR count). The molecule has 5 heteroatoms. The van der Waals surface area contributed by atoms with Crippen molar-refractivity contribution in [2.45, 2.75) is 66.7 Å². The molecule has 0 radical (unpaired) electrons. The first-order chi connectivity index (χ1) is 23.5. The summed E-state index contributed by atoms with van der Waals surface area (Å²) >= 11 is 0. The minimum atomic E-state index is 0.0145. The largest absolute Gasteiger partial charge is 0.458 e. The van der Waals surface area contributed by atoms with Crippen LogP contribution in [0.2, 0.25) is 0 Å². The van der Waals surface area contributed by atoms with Gasteiger partial charge in [0, 0.05) is 35.4 Å². The Morgan fingerprint density at radius 1 is 0.735 bits per heavy atom. The number of fused-ring (bicyclic) bond motifs is 3. The van der Waals surface area contributed by atoms with Gasteiger partial charge in [0.1, 0.15) is 17.3 Å². The molecule has 0 N–H and O–H groups in total. The van der Waals surface area contributed by atoms with Crippen LogP contribution in [0.1, 0.15) is 65.2 Å². The van der Waals surface area contributed by atoms with E-state index in [2.05, 4.69) is 161 Å². The predicted octanol–water partition coefficient (Wildman–Crippen LogP) is 10.5. The number of para-hydroxylation sites is 1. The van der Waals surface area contributed by atoms with Crippen LogP contribution < -0.4 is 9.30 Å². The molecule has 0 aliphatic rings. The van der Waals surface area contributed by atoms with E-state index < -0.39 is 0 Å². The maximum Gasteiger partial charge on any atom is 0.268 e. The van der Waals surface area contributed by atoms with Crippen LogP contribution in [-0.4, -0.2) is 14.1 Å². The van der Waals surface area contributed by atoms with Crippen LogP contribution >= 0.6 is 0 Å². The summed E-state index contributed by atoms with van der Waals surface area (Å²) in [4.78, 5) is 4.83. The van der Waals surface area contributed by atoms with Crippen molar-refractivity contribution in [3.05, 3.63) is 139 Å². The third-order valence-corrected chi connectivity index (χ3v) is 9.00. The summed E-state index contributed by atoms with van der Waals surface area (Å²) in [6.07, 6.45) is 11.7. The van der Waals surface area contributed by atoms with E-state index in [0.29, 0.717) is 11.8 Å². The Hall–Kier alpha value is -5.16. The van der Waals surface area contributed by atoms with Crippen molar-refractivity contribution in [2.75, 3.05) is 0 Å². The summed E-state index contributed by atoms with van der Waals surface area (Å²) in [6, 6.07) is 34.3. The molecule has 0 aliphatic carbocycles. The summed E-state index contributed by atoms with van der Waals surface area (Å²) in [5, 5.41) is 2.36. The lowest BCUT2D eigenvalue weighted by Gasteiger charge is -2.20. The molecule has 0 atom stereocenters. The summed E-state index contributed by atoms with van der Waals surface area (Å²) in [6.45, 7) is 15.8. The quantitative estimate of drug-likeness (QED) is 0.116. The molecule has 0 bridgehead atoms. The molecular weight excluding hydrogens is 601 g/mol. The van der Waals surface area contributed by atoms with Crippen LogP contribution in [-0.2, 0) is 18.3 Å². The number of aromatic nitrogens is 4. The van der Waals surface area contributed by atoms with E-state index in [1.807, 2.05) is 22.9 Å². The van der Waals surface area contributed by atoms with E-state index in [1.165, 1.54) is 27.5 Å². The fourth-order valence-electron chi connectivity index (χ4n) is 6.77. The van der Waals surface area contributed by atoms with Crippen LogP contribution in [0.5, 0.6) is 11.5 Å². The first-order valence-electron chi connectivity index (χ1n) is 17.5. The maximum absolute atomic E-state index is 6.54. The minimum absolute atomic E-state index is 0.0145. The van der Waals surface area contributed by atoms with Crippen molar-refractivity contribution >= 4 is 21.8 Å². The highest BCUT2D eigenvalue weighted by molar-refractivity contribution is 6.09. The third kappa shape index (κ3) is 6.89. The molecule has 0 aliphatic heterocycles. The number of benzene rings is 4. The van der Waals surface area contributed by atoms with E-state index in [0.717, 1.165) is 52.6 Å². The fourth-order valence-corrected chi connectivity index (χ4v) is 6.77. The third-order valence-electron chi connectivity index (χ3n) is 9.00. The van der Waals surface area contributed by atoms with Gasteiger partial charge in [-0.1, -0.05) is 89.9 Å². The minimum Gasteiger partial charge on any atom is -0.458 e. The van der Waals surface area contributed by atoms with Crippen LogP contribution in [0.4, 0.5) is 0 Å². The van der Waals surface area contributed by atoms with Gasteiger partial charge in [-0.25, -0.2) is 4.98 Å². The molecule has 5 nitrogen and oxygen atoms in total. The molecule has 3 aromatic heterocycles. The number of ether oxygens (including phenoxy) is 1. The summed E-state index contributed by atoms with van der Waals surface area (Å²) < 4.78 is 12.9. The zero-order valence-corrected chi connectivity index (χ0v) is 29.7. The molecule has 248 valence electrons. The van der Waals surface area contributed by atoms with E-state index in [9.17, 15) is 0 Å². The molecule has 3 heterocycles. The lowest BCUT2D eigenvalue weighted by molar-refractivity contribution is -0.599. The summed E-state index contributed by atoms with van der Waals surface area (Å²) in [7, 11) is 0. The molecule has 4 aromatic carbocycles. The van der Waals surface area contributed by atoms with E-state index in [1.54, 1.807) is 0 Å². The molecule has 0 saturated heterocycles. The second kappa shape index (κ2) is 13.0. The van der Waals surface area contributed by atoms with Crippen LogP contribution in [0.15, 0.2) is 116 Å². The summed E-state index contributed by atoms with van der Waals surface area (Å²) in [5.41, 5.74) is 8.32. The summed E-state index contributed by atoms with van der Waals surface area (Å²) in [5.74, 6) is 3.64. The van der Waals surface area contributed by atoms with Crippen molar-refractivity contribution in [3.63, 3.8) is 0 Å². The first-order valence-corrected chi connectivity index (χ1v) is 17.5. The monoisotopic (exact) mass is 646 g/mol. The van der Waals surface area contributed by atoms with Gasteiger partial charge >= 0.3 is 0 Å². The van der Waals surface area contributed by atoms with Gasteiger partial charge in [0.2, 0.25) is 0 Å². The van der Waals surface area contributed by atoms with Crippen molar-refractivity contribution in [1.29, 1.82) is 0 Å². The highest BCUT2D eigenvalue weighted by atomic mass is 16.5. The number of imidazole rings is 1. The number of rotatable bonds is 9. The molecule has 0 spiro atoms. The Bertz CT molecular complexity index is 2240. The van der Waals surface area contributed by atoms with Crippen molar-refractivity contribution < 1.29 is 9.30 Å². The van der Waals surface area contributed by atoms with Crippen LogP contribution in [0.3, 0.4) is 0 Å². The van der Waals surface area contributed by atoms with E-state index in [-0.39, 0.29) is 5.41 Å². The van der Waals surface area contributed by atoms with Gasteiger partial charge in [-0.3, -0.25) is 13.7 Å². The Morgan fingerprint density at radius 2 is 1.45 bits per heavy atom. The SMILES string of the molecule is CC(C)Cc1cc(CC(C)C)cc(-[n+]2[c-]n(-c3cccc(Oc4ccc5c6ccccc6n(-c6cc(C(C)(C)C)ccn6)c5c4)c3)cc2)c1. The van der Waals surface area contributed by atoms with Crippen LogP contribution in [0.25, 0.3) is 39.0 Å². The smallest absolute Gasteiger partial charge is 0.268 e. The van der Waals surface area contributed by atoms with Crippen molar-refractivity contribution in [3.8, 4) is 28.7 Å². The average molecular weight is 647 g/mol. The van der Waals surface area contributed by atoms with Crippen molar-refractivity contribution in [2.24, 2.45) is 11.8 Å². The van der Waals surface area contributed by atoms with Crippen molar-refractivity contribution in [1.82, 2.24) is 14.1 Å². The molecule has 0 amide bonds. The first kappa shape index (κ1) is 32.4. The van der Waals surface area contributed by atoms with Gasteiger partial charge in [-0.2, -0.15) is 0 Å². The van der Waals surface area contributed by atoms with Gasteiger partial charge in [0.25, 0.3) is 6.33 Å². The highest BCUT2D eigenvalue weighted by Gasteiger charge is 2.18.